The molecule has 2 aliphatic heterocycles. The molecule has 3 N–H and O–H groups in total. The van der Waals surface area contributed by atoms with Gasteiger partial charge in [-0.1, -0.05) is 12.1 Å². The van der Waals surface area contributed by atoms with E-state index in [2.05, 4.69) is 5.32 Å². The molecular formula is C17H22N4O3. The number of carbonyl (C=O) groups is 3. The Morgan fingerprint density at radius 1 is 1.21 bits per heavy atom. The Morgan fingerprint density at radius 3 is 2.58 bits per heavy atom. The molecule has 0 spiro atoms. The monoisotopic (exact) mass is 330 g/mol. The van der Waals surface area contributed by atoms with Gasteiger partial charge >= 0.3 is 6.03 Å². The Hall–Kier alpha value is -2.41. The molecule has 7 nitrogen and oxygen atoms in total. The third-order valence-electron chi connectivity index (χ3n) is 4.64. The predicted octanol–water partition coefficient (Wildman–Crippen LogP) is 0.692. The second-order valence-electron chi connectivity index (χ2n) is 6.22. The van der Waals surface area contributed by atoms with E-state index in [9.17, 15) is 14.4 Å². The van der Waals surface area contributed by atoms with E-state index in [1.807, 2.05) is 4.90 Å². The van der Waals surface area contributed by atoms with Gasteiger partial charge in [-0.15, -0.1) is 0 Å². The van der Waals surface area contributed by atoms with Crippen molar-refractivity contribution in [1.29, 1.82) is 0 Å². The van der Waals surface area contributed by atoms with Crippen LogP contribution in [0.15, 0.2) is 24.3 Å². The lowest BCUT2D eigenvalue weighted by Crippen LogP contribution is -2.47. The maximum atomic E-state index is 12.7. The van der Waals surface area contributed by atoms with Crippen molar-refractivity contribution in [2.45, 2.75) is 31.8 Å². The Morgan fingerprint density at radius 2 is 1.96 bits per heavy atom. The summed E-state index contributed by atoms with van der Waals surface area (Å²) in [6, 6.07) is 6.80. The number of likely N-dealkylation sites (tertiary alicyclic amines) is 1. The average Bonchev–Trinajstić information content (AvgIpc) is 2.93. The van der Waals surface area contributed by atoms with Crippen LogP contribution >= 0.6 is 0 Å². The number of amides is 4. The van der Waals surface area contributed by atoms with Gasteiger partial charge in [-0.2, -0.15) is 0 Å². The van der Waals surface area contributed by atoms with Crippen molar-refractivity contribution in [2.75, 3.05) is 19.6 Å². The largest absolute Gasteiger partial charge is 0.334 e. The number of piperidine rings is 1. The first-order chi connectivity index (χ1) is 11.6. The molecule has 1 aromatic carbocycles. The molecule has 3 rings (SSSR count). The van der Waals surface area contributed by atoms with Crippen LogP contribution in [0.2, 0.25) is 0 Å². The van der Waals surface area contributed by atoms with Gasteiger partial charge in [0.15, 0.2) is 0 Å². The first-order valence-electron chi connectivity index (χ1n) is 8.28. The molecule has 24 heavy (non-hydrogen) atoms. The lowest BCUT2D eigenvalue weighted by molar-refractivity contribution is -0.125. The standard InChI is InChI=1S/C17H22N4O3/c18-9-14-3-1-2-8-20(14)16(23)13-6-4-12(5-7-13)11-21-15(22)10-19-17(21)24/h4-7,14H,1-3,8-11,18H2,(H,19,24)/t14-/m0/s1. The van der Waals surface area contributed by atoms with Gasteiger partial charge < -0.3 is 16.0 Å². The molecule has 4 amide bonds. The van der Waals surface area contributed by atoms with Crippen molar-refractivity contribution in [2.24, 2.45) is 5.73 Å². The van der Waals surface area contributed by atoms with E-state index in [0.29, 0.717) is 12.1 Å². The van der Waals surface area contributed by atoms with Crippen LogP contribution in [0.4, 0.5) is 4.79 Å². The number of nitrogens with two attached hydrogens (primary N) is 1. The minimum atomic E-state index is -0.376. The summed E-state index contributed by atoms with van der Waals surface area (Å²) < 4.78 is 0. The molecule has 0 saturated carbocycles. The first-order valence-corrected chi connectivity index (χ1v) is 8.28. The van der Waals surface area contributed by atoms with Crippen molar-refractivity contribution in [3.63, 3.8) is 0 Å². The highest BCUT2D eigenvalue weighted by atomic mass is 16.2. The van der Waals surface area contributed by atoms with Crippen LogP contribution in [0.5, 0.6) is 0 Å². The molecule has 0 radical (unpaired) electrons. The maximum absolute atomic E-state index is 12.7. The fourth-order valence-electron chi connectivity index (χ4n) is 3.23. The molecule has 7 heteroatoms. The number of benzene rings is 1. The smallest absolute Gasteiger partial charge is 0.324 e. The molecule has 0 unspecified atom stereocenters. The van der Waals surface area contributed by atoms with Gasteiger partial charge in [0.2, 0.25) is 5.91 Å². The summed E-state index contributed by atoms with van der Waals surface area (Å²) in [7, 11) is 0. The third-order valence-corrected chi connectivity index (χ3v) is 4.64. The van der Waals surface area contributed by atoms with E-state index in [1.165, 1.54) is 4.90 Å². The molecule has 2 heterocycles. The lowest BCUT2D eigenvalue weighted by Gasteiger charge is -2.35. The second-order valence-corrected chi connectivity index (χ2v) is 6.22. The van der Waals surface area contributed by atoms with Crippen LogP contribution in [-0.4, -0.2) is 53.3 Å². The molecular weight excluding hydrogens is 308 g/mol. The molecule has 1 aromatic rings. The number of hydrogen-bond donors (Lipinski definition) is 2. The molecule has 2 saturated heterocycles. The number of nitrogens with zero attached hydrogens (tertiary/aromatic N) is 2. The van der Waals surface area contributed by atoms with Gasteiger partial charge in [0.05, 0.1) is 13.1 Å². The topological polar surface area (TPSA) is 95.7 Å². The number of urea groups is 1. The van der Waals surface area contributed by atoms with Gasteiger partial charge in [0.25, 0.3) is 5.91 Å². The fraction of sp³-hybridized carbons (Fsp3) is 0.471. The summed E-state index contributed by atoms with van der Waals surface area (Å²) in [6.07, 6.45) is 3.07. The molecule has 1 atom stereocenters. The maximum Gasteiger partial charge on any atom is 0.324 e. The number of imide groups is 1. The molecule has 0 bridgehead atoms. The zero-order chi connectivity index (χ0) is 17.1. The molecule has 2 fully saturated rings. The highest BCUT2D eigenvalue weighted by Gasteiger charge is 2.29. The van der Waals surface area contributed by atoms with Crippen molar-refractivity contribution in [3.05, 3.63) is 35.4 Å². The van der Waals surface area contributed by atoms with Crippen LogP contribution in [0, 0.1) is 0 Å². The van der Waals surface area contributed by atoms with Crippen molar-refractivity contribution in [3.8, 4) is 0 Å². The number of hydrogen-bond acceptors (Lipinski definition) is 4. The quantitative estimate of drug-likeness (QED) is 0.794. The van der Waals surface area contributed by atoms with Crippen LogP contribution in [0.1, 0.15) is 35.2 Å². The Kier molecular flexibility index (Phi) is 4.80. The third kappa shape index (κ3) is 3.26. The highest BCUT2D eigenvalue weighted by molar-refractivity contribution is 6.01. The van der Waals surface area contributed by atoms with Crippen LogP contribution < -0.4 is 11.1 Å². The summed E-state index contributed by atoms with van der Waals surface area (Å²) in [4.78, 5) is 38.9. The molecule has 2 aliphatic rings. The minimum Gasteiger partial charge on any atom is -0.334 e. The first kappa shape index (κ1) is 16.4. The summed E-state index contributed by atoms with van der Waals surface area (Å²) >= 11 is 0. The van der Waals surface area contributed by atoms with E-state index >= 15 is 0 Å². The average molecular weight is 330 g/mol. The normalized spacial score (nSPS) is 21.1. The van der Waals surface area contributed by atoms with E-state index < -0.39 is 0 Å². The lowest BCUT2D eigenvalue weighted by atomic mass is 10.0. The number of nitrogens with one attached hydrogen (secondary N) is 1. The zero-order valence-corrected chi connectivity index (χ0v) is 13.5. The minimum absolute atomic E-state index is 0.00769. The zero-order valence-electron chi connectivity index (χ0n) is 13.5. The molecule has 0 aromatic heterocycles. The van der Waals surface area contributed by atoms with E-state index in [-0.39, 0.29) is 37.0 Å². The van der Waals surface area contributed by atoms with Crippen molar-refractivity contribution in [1.82, 2.24) is 15.1 Å². The predicted molar refractivity (Wildman–Crippen MR) is 88.1 cm³/mol. The van der Waals surface area contributed by atoms with E-state index in [4.69, 9.17) is 5.73 Å². The molecule has 0 aliphatic carbocycles. The van der Waals surface area contributed by atoms with Gasteiger partial charge in [-0.05, 0) is 37.0 Å². The number of carbonyl (C=O) groups excluding carboxylic acids is 3. The molecule has 128 valence electrons. The Bertz CT molecular complexity index is 628. The summed E-state index contributed by atoms with van der Waals surface area (Å²) in [5, 5.41) is 2.49. The van der Waals surface area contributed by atoms with Crippen LogP contribution in [-0.2, 0) is 11.3 Å². The summed E-state index contributed by atoms with van der Waals surface area (Å²) in [5.74, 6) is -0.244. The van der Waals surface area contributed by atoms with Crippen molar-refractivity contribution < 1.29 is 14.4 Å². The van der Waals surface area contributed by atoms with Gasteiger partial charge in [-0.3, -0.25) is 14.5 Å². The van der Waals surface area contributed by atoms with E-state index in [1.54, 1.807) is 24.3 Å². The highest BCUT2D eigenvalue weighted by Crippen LogP contribution is 2.19. The van der Waals surface area contributed by atoms with E-state index in [0.717, 1.165) is 31.4 Å². The van der Waals surface area contributed by atoms with Crippen LogP contribution in [0.25, 0.3) is 0 Å². The van der Waals surface area contributed by atoms with Gasteiger partial charge in [-0.25, -0.2) is 4.79 Å². The van der Waals surface area contributed by atoms with Gasteiger partial charge in [0, 0.05) is 24.7 Å². The second kappa shape index (κ2) is 7.00. The Labute approximate surface area is 140 Å². The fourth-order valence-corrected chi connectivity index (χ4v) is 3.23. The van der Waals surface area contributed by atoms with Crippen LogP contribution in [0.3, 0.4) is 0 Å². The summed E-state index contributed by atoms with van der Waals surface area (Å²) in [6.45, 7) is 1.49. The SMILES string of the molecule is NC[C@@H]1CCCCN1C(=O)c1ccc(CN2C(=O)CNC2=O)cc1. The summed E-state index contributed by atoms with van der Waals surface area (Å²) in [5.41, 5.74) is 7.20. The number of rotatable bonds is 4. The van der Waals surface area contributed by atoms with Gasteiger partial charge in [0.1, 0.15) is 0 Å². The Balaban J connectivity index is 1.68. The van der Waals surface area contributed by atoms with Crippen molar-refractivity contribution >= 4 is 17.8 Å².